The molecule has 0 aromatic heterocycles. The standard InChI is InChI=1S/C13H16FNO3/c14-11-3-4-12(10(7-11)8-16)18-9-13(17)15-5-1-2-6-15/h3-4,7,16H,1-2,5-6,8-9H2. The van der Waals surface area contributed by atoms with Crippen molar-refractivity contribution in [3.8, 4) is 5.75 Å². The van der Waals surface area contributed by atoms with Gasteiger partial charge in [-0.25, -0.2) is 4.39 Å². The molecule has 4 nitrogen and oxygen atoms in total. The third kappa shape index (κ3) is 2.98. The molecule has 0 unspecified atom stereocenters. The minimum Gasteiger partial charge on any atom is -0.483 e. The number of aliphatic hydroxyl groups excluding tert-OH is 1. The highest BCUT2D eigenvalue weighted by molar-refractivity contribution is 5.78. The highest BCUT2D eigenvalue weighted by Gasteiger charge is 2.18. The molecule has 0 atom stereocenters. The van der Waals surface area contributed by atoms with Crippen molar-refractivity contribution in [1.29, 1.82) is 0 Å². The molecule has 1 fully saturated rings. The van der Waals surface area contributed by atoms with Gasteiger partial charge in [0.2, 0.25) is 0 Å². The minimum atomic E-state index is -0.433. The number of ether oxygens (including phenoxy) is 1. The van der Waals surface area contributed by atoms with Crippen molar-refractivity contribution in [2.75, 3.05) is 19.7 Å². The van der Waals surface area contributed by atoms with Crippen LogP contribution >= 0.6 is 0 Å². The number of halogens is 1. The van der Waals surface area contributed by atoms with Gasteiger partial charge in [0.15, 0.2) is 6.61 Å². The van der Waals surface area contributed by atoms with Gasteiger partial charge in [0.25, 0.3) is 5.91 Å². The molecule has 1 saturated heterocycles. The van der Waals surface area contributed by atoms with Gasteiger partial charge in [-0.05, 0) is 31.0 Å². The van der Waals surface area contributed by atoms with Crippen LogP contribution in [0.15, 0.2) is 18.2 Å². The smallest absolute Gasteiger partial charge is 0.260 e. The van der Waals surface area contributed by atoms with Gasteiger partial charge in [-0.1, -0.05) is 0 Å². The number of carbonyl (C=O) groups is 1. The normalized spacial score (nSPS) is 14.9. The fourth-order valence-corrected chi connectivity index (χ4v) is 2.01. The molecule has 0 aliphatic carbocycles. The molecule has 1 amide bonds. The molecular weight excluding hydrogens is 237 g/mol. The van der Waals surface area contributed by atoms with Crippen molar-refractivity contribution in [2.45, 2.75) is 19.4 Å². The maximum atomic E-state index is 12.9. The van der Waals surface area contributed by atoms with Crippen LogP contribution in [0.1, 0.15) is 18.4 Å². The van der Waals surface area contributed by atoms with Crippen LogP contribution in [0.3, 0.4) is 0 Å². The Morgan fingerprint density at radius 3 is 2.78 bits per heavy atom. The summed E-state index contributed by atoms with van der Waals surface area (Å²) >= 11 is 0. The van der Waals surface area contributed by atoms with Crippen molar-refractivity contribution in [3.63, 3.8) is 0 Å². The van der Waals surface area contributed by atoms with E-state index < -0.39 is 5.82 Å². The summed E-state index contributed by atoms with van der Waals surface area (Å²) in [6, 6.07) is 3.88. The second-order valence-electron chi connectivity index (χ2n) is 4.29. The Kier molecular flexibility index (Phi) is 4.15. The highest BCUT2D eigenvalue weighted by Crippen LogP contribution is 2.20. The number of carbonyl (C=O) groups excluding carboxylic acids is 1. The molecule has 1 aromatic rings. The fraction of sp³-hybridized carbons (Fsp3) is 0.462. The van der Waals surface area contributed by atoms with Crippen LogP contribution in [0.25, 0.3) is 0 Å². The average molecular weight is 253 g/mol. The molecule has 2 rings (SSSR count). The van der Waals surface area contributed by atoms with Crippen LogP contribution in [0, 0.1) is 5.82 Å². The van der Waals surface area contributed by atoms with Crippen LogP contribution < -0.4 is 4.74 Å². The minimum absolute atomic E-state index is 0.0688. The summed E-state index contributed by atoms with van der Waals surface area (Å²) in [5.41, 5.74) is 0.351. The third-order valence-electron chi connectivity index (χ3n) is 3.00. The van der Waals surface area contributed by atoms with Gasteiger partial charge in [-0.2, -0.15) is 0 Å². The lowest BCUT2D eigenvalue weighted by atomic mass is 10.2. The van der Waals surface area contributed by atoms with E-state index in [0.717, 1.165) is 25.9 Å². The Bertz CT molecular complexity index is 430. The number of hydrogen-bond acceptors (Lipinski definition) is 3. The zero-order chi connectivity index (χ0) is 13.0. The summed E-state index contributed by atoms with van der Waals surface area (Å²) in [6.45, 7) is 1.17. The van der Waals surface area contributed by atoms with Gasteiger partial charge in [0, 0.05) is 18.7 Å². The maximum absolute atomic E-state index is 12.9. The van der Waals surface area contributed by atoms with Crippen LogP contribution in [0.4, 0.5) is 4.39 Å². The maximum Gasteiger partial charge on any atom is 0.260 e. The molecule has 1 heterocycles. The SMILES string of the molecule is O=C(COc1ccc(F)cc1CO)N1CCCC1. The summed E-state index contributed by atoms with van der Waals surface area (Å²) in [5, 5.41) is 9.08. The topological polar surface area (TPSA) is 49.8 Å². The Morgan fingerprint density at radius 2 is 2.11 bits per heavy atom. The van der Waals surface area contributed by atoms with Crippen molar-refractivity contribution in [2.24, 2.45) is 0 Å². The molecule has 98 valence electrons. The van der Waals surface area contributed by atoms with Gasteiger partial charge in [0.1, 0.15) is 11.6 Å². The summed E-state index contributed by atoms with van der Waals surface area (Å²) in [6.07, 6.45) is 2.06. The zero-order valence-electron chi connectivity index (χ0n) is 10.1. The predicted molar refractivity (Wildman–Crippen MR) is 63.6 cm³/mol. The van der Waals surface area contributed by atoms with E-state index in [2.05, 4.69) is 0 Å². The lowest BCUT2D eigenvalue weighted by molar-refractivity contribution is -0.132. The van der Waals surface area contributed by atoms with Gasteiger partial charge in [-0.3, -0.25) is 4.79 Å². The largest absolute Gasteiger partial charge is 0.483 e. The zero-order valence-corrected chi connectivity index (χ0v) is 10.1. The Labute approximate surface area is 105 Å². The molecule has 1 aliphatic heterocycles. The number of rotatable bonds is 4. The van der Waals surface area contributed by atoms with E-state index in [1.807, 2.05) is 0 Å². The molecule has 1 N–H and O–H groups in total. The lowest BCUT2D eigenvalue weighted by Crippen LogP contribution is -2.32. The number of likely N-dealkylation sites (tertiary alicyclic amines) is 1. The molecule has 0 bridgehead atoms. The molecular formula is C13H16FNO3. The number of nitrogens with zero attached hydrogens (tertiary/aromatic N) is 1. The molecule has 0 radical (unpaired) electrons. The first-order chi connectivity index (χ1) is 8.70. The third-order valence-corrected chi connectivity index (χ3v) is 3.00. The Morgan fingerprint density at radius 1 is 1.39 bits per heavy atom. The first-order valence-corrected chi connectivity index (χ1v) is 6.00. The fourth-order valence-electron chi connectivity index (χ4n) is 2.01. The van der Waals surface area contributed by atoms with Crippen molar-refractivity contribution >= 4 is 5.91 Å². The second-order valence-corrected chi connectivity index (χ2v) is 4.29. The van der Waals surface area contributed by atoms with E-state index >= 15 is 0 Å². The van der Waals surface area contributed by atoms with E-state index in [-0.39, 0.29) is 19.1 Å². The monoisotopic (exact) mass is 253 g/mol. The number of amides is 1. The average Bonchev–Trinajstić information content (AvgIpc) is 2.90. The van der Waals surface area contributed by atoms with E-state index in [1.165, 1.54) is 18.2 Å². The van der Waals surface area contributed by atoms with Gasteiger partial charge >= 0.3 is 0 Å². The molecule has 18 heavy (non-hydrogen) atoms. The molecule has 1 aromatic carbocycles. The Hall–Kier alpha value is -1.62. The summed E-state index contributed by atoms with van der Waals surface area (Å²) in [5.74, 6) is -0.149. The van der Waals surface area contributed by atoms with Crippen molar-refractivity contribution < 1.29 is 19.0 Å². The van der Waals surface area contributed by atoms with Gasteiger partial charge in [-0.15, -0.1) is 0 Å². The quantitative estimate of drug-likeness (QED) is 0.880. The highest BCUT2D eigenvalue weighted by atomic mass is 19.1. The van der Waals surface area contributed by atoms with Crippen LogP contribution in [-0.4, -0.2) is 35.6 Å². The molecule has 0 saturated carbocycles. The number of benzene rings is 1. The first-order valence-electron chi connectivity index (χ1n) is 6.00. The Balaban J connectivity index is 1.95. The van der Waals surface area contributed by atoms with Crippen LogP contribution in [-0.2, 0) is 11.4 Å². The molecule has 0 spiro atoms. The lowest BCUT2D eigenvalue weighted by Gasteiger charge is -2.16. The van der Waals surface area contributed by atoms with Crippen molar-refractivity contribution in [3.05, 3.63) is 29.6 Å². The number of hydrogen-bond donors (Lipinski definition) is 1. The molecule has 1 aliphatic rings. The van der Waals surface area contributed by atoms with E-state index in [9.17, 15) is 9.18 Å². The number of aliphatic hydroxyl groups is 1. The summed E-state index contributed by atoms with van der Waals surface area (Å²) in [4.78, 5) is 13.5. The van der Waals surface area contributed by atoms with Crippen LogP contribution in [0.2, 0.25) is 0 Å². The van der Waals surface area contributed by atoms with E-state index in [1.54, 1.807) is 4.90 Å². The van der Waals surface area contributed by atoms with Gasteiger partial charge in [0.05, 0.1) is 6.61 Å². The molecule has 5 heteroatoms. The van der Waals surface area contributed by atoms with Crippen molar-refractivity contribution in [1.82, 2.24) is 4.90 Å². The van der Waals surface area contributed by atoms with E-state index in [4.69, 9.17) is 9.84 Å². The predicted octanol–water partition coefficient (Wildman–Crippen LogP) is 1.32. The first kappa shape index (κ1) is 12.8. The van der Waals surface area contributed by atoms with E-state index in [0.29, 0.717) is 11.3 Å². The summed E-state index contributed by atoms with van der Waals surface area (Å²) in [7, 11) is 0. The van der Waals surface area contributed by atoms with Gasteiger partial charge < -0.3 is 14.7 Å². The summed E-state index contributed by atoms with van der Waals surface area (Å²) < 4.78 is 18.3. The second kappa shape index (κ2) is 5.82. The van der Waals surface area contributed by atoms with Crippen LogP contribution in [0.5, 0.6) is 5.75 Å².